The van der Waals surface area contributed by atoms with Crippen molar-refractivity contribution in [3.63, 3.8) is 0 Å². The van der Waals surface area contributed by atoms with E-state index in [9.17, 15) is 0 Å². The maximum atomic E-state index is 5.84. The average molecular weight is 244 g/mol. The number of benzene rings is 1. The predicted octanol–water partition coefficient (Wildman–Crippen LogP) is 2.96. The highest BCUT2D eigenvalue weighted by Gasteiger charge is 2.33. The Kier molecular flexibility index (Phi) is 3.29. The quantitative estimate of drug-likeness (QED) is 0.833. The Morgan fingerprint density at radius 2 is 1.83 bits per heavy atom. The van der Waals surface area contributed by atoms with E-state index in [0.717, 1.165) is 18.4 Å². The fourth-order valence-corrected chi connectivity index (χ4v) is 2.63. The van der Waals surface area contributed by atoms with Crippen LogP contribution in [0.3, 0.4) is 0 Å². The van der Waals surface area contributed by atoms with Crippen LogP contribution >= 0.6 is 0 Å². The van der Waals surface area contributed by atoms with Crippen molar-refractivity contribution in [2.24, 2.45) is 11.7 Å². The highest BCUT2D eigenvalue weighted by atomic mass is 15.2. The van der Waals surface area contributed by atoms with Crippen molar-refractivity contribution >= 4 is 5.69 Å². The standard InChI is InChI=1S/C16H24N2/c1-12(17)10-13-4-6-15(7-5-13)18(16-8-9-16)11-14-2-3-14/h4-7,12,14,16H,2-3,8-11,17H2,1H3. The van der Waals surface area contributed by atoms with E-state index in [4.69, 9.17) is 5.73 Å². The average Bonchev–Trinajstić information content (AvgIpc) is 3.20. The molecule has 2 aliphatic carbocycles. The molecule has 2 aliphatic rings. The first-order valence-electron chi connectivity index (χ1n) is 7.33. The largest absolute Gasteiger partial charge is 0.368 e. The molecule has 0 radical (unpaired) electrons. The Hall–Kier alpha value is -1.02. The van der Waals surface area contributed by atoms with Gasteiger partial charge in [-0.1, -0.05) is 12.1 Å². The van der Waals surface area contributed by atoms with Gasteiger partial charge < -0.3 is 10.6 Å². The molecule has 98 valence electrons. The van der Waals surface area contributed by atoms with Gasteiger partial charge >= 0.3 is 0 Å². The first kappa shape index (κ1) is 12.0. The maximum Gasteiger partial charge on any atom is 0.0368 e. The van der Waals surface area contributed by atoms with E-state index < -0.39 is 0 Å². The van der Waals surface area contributed by atoms with E-state index in [1.807, 2.05) is 0 Å². The van der Waals surface area contributed by atoms with Crippen LogP contribution in [-0.4, -0.2) is 18.6 Å². The van der Waals surface area contributed by atoms with Gasteiger partial charge in [-0.25, -0.2) is 0 Å². The van der Waals surface area contributed by atoms with Crippen LogP contribution in [0, 0.1) is 5.92 Å². The van der Waals surface area contributed by atoms with Gasteiger partial charge in [0.1, 0.15) is 0 Å². The van der Waals surface area contributed by atoms with Gasteiger partial charge in [0.2, 0.25) is 0 Å². The molecular weight excluding hydrogens is 220 g/mol. The monoisotopic (exact) mass is 244 g/mol. The van der Waals surface area contributed by atoms with Crippen LogP contribution in [0.5, 0.6) is 0 Å². The summed E-state index contributed by atoms with van der Waals surface area (Å²) in [5.41, 5.74) is 8.62. The smallest absolute Gasteiger partial charge is 0.0368 e. The van der Waals surface area contributed by atoms with Crippen molar-refractivity contribution in [2.45, 2.75) is 51.1 Å². The summed E-state index contributed by atoms with van der Waals surface area (Å²) in [7, 11) is 0. The Morgan fingerprint density at radius 1 is 1.17 bits per heavy atom. The third-order valence-electron chi connectivity index (χ3n) is 3.97. The number of hydrogen-bond donors (Lipinski definition) is 1. The van der Waals surface area contributed by atoms with Crippen molar-refractivity contribution in [3.8, 4) is 0 Å². The van der Waals surface area contributed by atoms with Crippen LogP contribution < -0.4 is 10.6 Å². The lowest BCUT2D eigenvalue weighted by Crippen LogP contribution is -2.28. The van der Waals surface area contributed by atoms with Crippen LogP contribution in [0.2, 0.25) is 0 Å². The van der Waals surface area contributed by atoms with Crippen molar-refractivity contribution < 1.29 is 0 Å². The lowest BCUT2D eigenvalue weighted by molar-refractivity contribution is 0.717. The number of anilines is 1. The number of nitrogens with zero attached hydrogens (tertiary/aromatic N) is 1. The Balaban J connectivity index is 1.68. The van der Waals surface area contributed by atoms with Gasteiger partial charge in [0, 0.05) is 24.3 Å². The van der Waals surface area contributed by atoms with Gasteiger partial charge in [-0.2, -0.15) is 0 Å². The second kappa shape index (κ2) is 4.93. The highest BCUT2D eigenvalue weighted by molar-refractivity contribution is 5.50. The molecule has 2 fully saturated rings. The molecule has 0 aromatic heterocycles. The number of hydrogen-bond acceptors (Lipinski definition) is 2. The molecule has 2 heteroatoms. The summed E-state index contributed by atoms with van der Waals surface area (Å²) in [6.07, 6.45) is 6.62. The molecule has 18 heavy (non-hydrogen) atoms. The molecule has 1 unspecified atom stereocenters. The minimum Gasteiger partial charge on any atom is -0.368 e. The second-order valence-corrected chi connectivity index (χ2v) is 6.17. The summed E-state index contributed by atoms with van der Waals surface area (Å²) in [6, 6.07) is 10.2. The van der Waals surface area contributed by atoms with Gasteiger partial charge in [-0.05, 0) is 62.6 Å². The first-order chi connectivity index (χ1) is 8.72. The summed E-state index contributed by atoms with van der Waals surface area (Å²) >= 11 is 0. The molecule has 1 aromatic carbocycles. The third-order valence-corrected chi connectivity index (χ3v) is 3.97. The molecule has 2 saturated carbocycles. The molecule has 0 aliphatic heterocycles. The number of nitrogens with two attached hydrogens (primary N) is 1. The molecule has 1 atom stereocenters. The zero-order chi connectivity index (χ0) is 12.5. The Morgan fingerprint density at radius 3 is 2.33 bits per heavy atom. The van der Waals surface area contributed by atoms with Crippen LogP contribution in [0.15, 0.2) is 24.3 Å². The minimum absolute atomic E-state index is 0.252. The molecular formula is C16H24N2. The fraction of sp³-hybridized carbons (Fsp3) is 0.625. The van der Waals surface area contributed by atoms with E-state index in [0.29, 0.717) is 0 Å². The molecule has 2 N–H and O–H groups in total. The van der Waals surface area contributed by atoms with E-state index in [-0.39, 0.29) is 6.04 Å². The first-order valence-corrected chi connectivity index (χ1v) is 7.33. The van der Waals surface area contributed by atoms with Gasteiger partial charge in [-0.3, -0.25) is 0 Å². The minimum atomic E-state index is 0.252. The lowest BCUT2D eigenvalue weighted by Gasteiger charge is -2.25. The summed E-state index contributed by atoms with van der Waals surface area (Å²) in [6.45, 7) is 3.34. The van der Waals surface area contributed by atoms with Crippen molar-refractivity contribution in [2.75, 3.05) is 11.4 Å². The highest BCUT2D eigenvalue weighted by Crippen LogP contribution is 2.37. The maximum absolute atomic E-state index is 5.84. The SMILES string of the molecule is CC(N)Cc1ccc(N(CC2CC2)C2CC2)cc1. The molecule has 3 rings (SSSR count). The molecule has 0 heterocycles. The molecule has 0 amide bonds. The van der Waals surface area contributed by atoms with Crippen molar-refractivity contribution in [3.05, 3.63) is 29.8 Å². The zero-order valence-corrected chi connectivity index (χ0v) is 11.3. The fourth-order valence-electron chi connectivity index (χ4n) is 2.63. The van der Waals surface area contributed by atoms with Crippen LogP contribution in [0.25, 0.3) is 0 Å². The Bertz CT molecular complexity index is 388. The van der Waals surface area contributed by atoms with E-state index in [1.54, 1.807) is 0 Å². The van der Waals surface area contributed by atoms with Gasteiger partial charge in [0.15, 0.2) is 0 Å². The summed E-state index contributed by atoms with van der Waals surface area (Å²) in [5, 5.41) is 0. The van der Waals surface area contributed by atoms with Crippen molar-refractivity contribution in [1.29, 1.82) is 0 Å². The summed E-state index contributed by atoms with van der Waals surface area (Å²) < 4.78 is 0. The van der Waals surface area contributed by atoms with Crippen molar-refractivity contribution in [1.82, 2.24) is 0 Å². The molecule has 2 nitrogen and oxygen atoms in total. The molecule has 1 aromatic rings. The molecule has 0 spiro atoms. The third kappa shape index (κ3) is 3.05. The summed E-state index contributed by atoms with van der Waals surface area (Å²) in [4.78, 5) is 2.63. The Labute approximate surface area is 110 Å². The van der Waals surface area contributed by atoms with Crippen LogP contribution in [0.1, 0.15) is 38.2 Å². The van der Waals surface area contributed by atoms with Gasteiger partial charge in [-0.15, -0.1) is 0 Å². The van der Waals surface area contributed by atoms with Gasteiger partial charge in [0.05, 0.1) is 0 Å². The second-order valence-electron chi connectivity index (χ2n) is 6.17. The topological polar surface area (TPSA) is 29.3 Å². The molecule has 0 saturated heterocycles. The predicted molar refractivity (Wildman–Crippen MR) is 76.9 cm³/mol. The van der Waals surface area contributed by atoms with Gasteiger partial charge in [0.25, 0.3) is 0 Å². The number of rotatable bonds is 6. The normalized spacial score (nSPS) is 20.8. The molecule has 0 bridgehead atoms. The zero-order valence-electron chi connectivity index (χ0n) is 11.3. The lowest BCUT2D eigenvalue weighted by atomic mass is 10.1. The van der Waals surface area contributed by atoms with E-state index in [1.165, 1.54) is 43.5 Å². The van der Waals surface area contributed by atoms with E-state index >= 15 is 0 Å². The van der Waals surface area contributed by atoms with Crippen LogP contribution in [-0.2, 0) is 6.42 Å². The van der Waals surface area contributed by atoms with Crippen LogP contribution in [0.4, 0.5) is 5.69 Å². The van der Waals surface area contributed by atoms with E-state index in [2.05, 4.69) is 36.1 Å². The summed E-state index contributed by atoms with van der Waals surface area (Å²) in [5.74, 6) is 0.967.